The zero-order chi connectivity index (χ0) is 14.4. The first kappa shape index (κ1) is 14.8. The first-order chi connectivity index (χ1) is 9.70. The number of hydrogen-bond donors (Lipinski definition) is 2. The minimum absolute atomic E-state index is 0.222. The number of hydrogen-bond acceptors (Lipinski definition) is 2. The average molecular weight is 271 g/mol. The van der Waals surface area contributed by atoms with Crippen molar-refractivity contribution in [3.8, 4) is 0 Å². The molecule has 0 spiro atoms. The minimum atomic E-state index is 0.222. The Labute approximate surface area is 121 Å². The Hall–Kier alpha value is -1.61. The molecule has 0 radical (unpaired) electrons. The Morgan fingerprint density at radius 2 is 1.90 bits per heavy atom. The van der Waals surface area contributed by atoms with Crippen LogP contribution in [0.3, 0.4) is 0 Å². The molecule has 2 N–H and O–H groups in total. The maximum absolute atomic E-state index is 4.29. The molecule has 0 aliphatic carbocycles. The molecule has 1 aromatic heterocycles. The number of H-pyrrole nitrogens is 1. The Morgan fingerprint density at radius 1 is 1.15 bits per heavy atom. The Bertz CT molecular complexity index is 487. The molecule has 20 heavy (non-hydrogen) atoms. The van der Waals surface area contributed by atoms with Crippen molar-refractivity contribution < 1.29 is 0 Å². The third-order valence-corrected chi connectivity index (χ3v) is 3.73. The lowest BCUT2D eigenvalue weighted by Gasteiger charge is -2.19. The molecule has 1 aromatic carbocycles. The lowest BCUT2D eigenvalue weighted by atomic mass is 10.0. The number of unbranched alkanes of at least 4 members (excludes halogenated alkanes) is 1. The van der Waals surface area contributed by atoms with Crippen LogP contribution in [0.1, 0.15) is 62.6 Å². The molecule has 1 heterocycles. The highest BCUT2D eigenvalue weighted by Gasteiger charge is 2.12. The molecule has 0 bridgehead atoms. The third-order valence-electron chi connectivity index (χ3n) is 3.73. The molecule has 0 saturated carbocycles. The SMILES string of the molecule is CCCCc1ccc(C(C)NC(C)c2ncc[nH]2)cc1. The van der Waals surface area contributed by atoms with Crippen LogP contribution in [0.25, 0.3) is 0 Å². The van der Waals surface area contributed by atoms with E-state index in [1.54, 1.807) is 6.20 Å². The van der Waals surface area contributed by atoms with Gasteiger partial charge in [-0.15, -0.1) is 0 Å². The van der Waals surface area contributed by atoms with Gasteiger partial charge in [-0.25, -0.2) is 4.98 Å². The van der Waals surface area contributed by atoms with Crippen LogP contribution in [0.15, 0.2) is 36.7 Å². The molecule has 2 aromatic rings. The van der Waals surface area contributed by atoms with E-state index in [0.717, 1.165) is 5.82 Å². The van der Waals surface area contributed by atoms with Crippen molar-refractivity contribution in [3.63, 3.8) is 0 Å². The fourth-order valence-corrected chi connectivity index (χ4v) is 2.42. The molecule has 3 nitrogen and oxygen atoms in total. The van der Waals surface area contributed by atoms with Crippen molar-refractivity contribution in [2.24, 2.45) is 0 Å². The van der Waals surface area contributed by atoms with Crippen LogP contribution in [-0.2, 0) is 6.42 Å². The second-order valence-corrected chi connectivity index (χ2v) is 5.43. The number of aromatic nitrogens is 2. The van der Waals surface area contributed by atoms with Gasteiger partial charge in [-0.1, -0.05) is 37.6 Å². The fraction of sp³-hybridized carbons (Fsp3) is 0.471. The normalized spacial score (nSPS) is 14.2. The summed E-state index contributed by atoms with van der Waals surface area (Å²) >= 11 is 0. The van der Waals surface area contributed by atoms with Crippen molar-refractivity contribution in [1.29, 1.82) is 0 Å². The quantitative estimate of drug-likeness (QED) is 0.793. The zero-order valence-electron chi connectivity index (χ0n) is 12.7. The molecule has 0 amide bonds. The summed E-state index contributed by atoms with van der Waals surface area (Å²) in [6, 6.07) is 9.51. The second-order valence-electron chi connectivity index (χ2n) is 5.43. The predicted octanol–water partition coefficient (Wildman–Crippen LogP) is 4.16. The van der Waals surface area contributed by atoms with E-state index in [-0.39, 0.29) is 6.04 Å². The van der Waals surface area contributed by atoms with E-state index in [0.29, 0.717) is 6.04 Å². The van der Waals surface area contributed by atoms with Crippen LogP contribution in [0, 0.1) is 0 Å². The van der Waals surface area contributed by atoms with Gasteiger partial charge in [0.25, 0.3) is 0 Å². The molecular formula is C17H25N3. The summed E-state index contributed by atoms with van der Waals surface area (Å²) in [5, 5.41) is 3.57. The maximum Gasteiger partial charge on any atom is 0.122 e. The highest BCUT2D eigenvalue weighted by atomic mass is 15.0. The summed E-state index contributed by atoms with van der Waals surface area (Å²) in [5.74, 6) is 0.983. The number of benzene rings is 1. The van der Waals surface area contributed by atoms with Crippen molar-refractivity contribution >= 4 is 0 Å². The molecule has 3 heteroatoms. The monoisotopic (exact) mass is 271 g/mol. The minimum Gasteiger partial charge on any atom is -0.347 e. The van der Waals surface area contributed by atoms with Gasteiger partial charge in [0.1, 0.15) is 5.82 Å². The third kappa shape index (κ3) is 3.94. The Morgan fingerprint density at radius 3 is 2.50 bits per heavy atom. The van der Waals surface area contributed by atoms with Crippen molar-refractivity contribution in [2.45, 2.75) is 52.1 Å². The topological polar surface area (TPSA) is 40.7 Å². The molecular weight excluding hydrogens is 246 g/mol. The van der Waals surface area contributed by atoms with Gasteiger partial charge in [0, 0.05) is 18.4 Å². The molecule has 2 atom stereocenters. The number of aromatic amines is 1. The Balaban J connectivity index is 1.93. The van der Waals surface area contributed by atoms with Crippen LogP contribution in [0.4, 0.5) is 0 Å². The van der Waals surface area contributed by atoms with Crippen LogP contribution in [-0.4, -0.2) is 9.97 Å². The molecule has 0 aliphatic rings. The molecule has 0 fully saturated rings. The van der Waals surface area contributed by atoms with Crippen LogP contribution < -0.4 is 5.32 Å². The number of aryl methyl sites for hydroxylation is 1. The van der Waals surface area contributed by atoms with Crippen molar-refractivity contribution in [1.82, 2.24) is 15.3 Å². The predicted molar refractivity (Wildman–Crippen MR) is 83.6 cm³/mol. The summed E-state index contributed by atoms with van der Waals surface area (Å²) in [4.78, 5) is 7.45. The highest BCUT2D eigenvalue weighted by Crippen LogP contribution is 2.18. The van der Waals surface area contributed by atoms with E-state index in [4.69, 9.17) is 0 Å². The Kier molecular flexibility index (Phi) is 5.36. The summed E-state index contributed by atoms with van der Waals surface area (Å²) in [6.07, 6.45) is 7.35. The number of nitrogens with one attached hydrogen (secondary N) is 2. The van der Waals surface area contributed by atoms with Gasteiger partial charge in [-0.2, -0.15) is 0 Å². The number of nitrogens with zero attached hydrogens (tertiary/aromatic N) is 1. The van der Waals surface area contributed by atoms with E-state index >= 15 is 0 Å². The van der Waals surface area contributed by atoms with Crippen molar-refractivity contribution in [3.05, 3.63) is 53.6 Å². The van der Waals surface area contributed by atoms with Gasteiger partial charge in [-0.3, -0.25) is 0 Å². The van der Waals surface area contributed by atoms with E-state index < -0.39 is 0 Å². The summed E-state index contributed by atoms with van der Waals surface area (Å²) in [7, 11) is 0. The standard InChI is InChI=1S/C17H25N3/c1-4-5-6-15-7-9-16(10-8-15)13(2)20-14(3)17-18-11-12-19-17/h7-14,20H,4-6H2,1-3H3,(H,18,19). The largest absolute Gasteiger partial charge is 0.347 e. The first-order valence-corrected chi connectivity index (χ1v) is 7.55. The van der Waals surface area contributed by atoms with Crippen molar-refractivity contribution in [2.75, 3.05) is 0 Å². The molecule has 2 rings (SSSR count). The van der Waals surface area contributed by atoms with Gasteiger partial charge in [-0.05, 0) is 37.8 Å². The van der Waals surface area contributed by atoms with Crippen LogP contribution >= 0.6 is 0 Å². The van der Waals surface area contributed by atoms with Crippen LogP contribution in [0.5, 0.6) is 0 Å². The lowest BCUT2D eigenvalue weighted by Crippen LogP contribution is -2.23. The first-order valence-electron chi connectivity index (χ1n) is 7.55. The van der Waals surface area contributed by atoms with E-state index in [2.05, 4.69) is 60.3 Å². The van der Waals surface area contributed by atoms with E-state index in [9.17, 15) is 0 Å². The summed E-state index contributed by atoms with van der Waals surface area (Å²) in [5.41, 5.74) is 2.76. The fourth-order valence-electron chi connectivity index (χ4n) is 2.42. The van der Waals surface area contributed by atoms with Gasteiger partial charge in [0.2, 0.25) is 0 Å². The molecule has 0 saturated heterocycles. The maximum atomic E-state index is 4.29. The smallest absolute Gasteiger partial charge is 0.122 e. The van der Waals surface area contributed by atoms with Gasteiger partial charge in [0.15, 0.2) is 0 Å². The van der Waals surface area contributed by atoms with E-state index in [1.807, 2.05) is 6.20 Å². The summed E-state index contributed by atoms with van der Waals surface area (Å²) < 4.78 is 0. The van der Waals surface area contributed by atoms with Gasteiger partial charge in [0.05, 0.1) is 6.04 Å². The van der Waals surface area contributed by atoms with Crippen LogP contribution in [0.2, 0.25) is 0 Å². The average Bonchev–Trinajstić information content (AvgIpc) is 3.00. The molecule has 2 unspecified atom stereocenters. The molecule has 0 aliphatic heterocycles. The molecule has 108 valence electrons. The zero-order valence-corrected chi connectivity index (χ0v) is 12.7. The highest BCUT2D eigenvalue weighted by molar-refractivity contribution is 5.25. The number of rotatable bonds is 7. The number of imidazole rings is 1. The van der Waals surface area contributed by atoms with Gasteiger partial charge >= 0.3 is 0 Å². The van der Waals surface area contributed by atoms with Gasteiger partial charge < -0.3 is 10.3 Å². The summed E-state index contributed by atoms with van der Waals surface area (Å²) in [6.45, 7) is 6.56. The lowest BCUT2D eigenvalue weighted by molar-refractivity contribution is 0.479. The van der Waals surface area contributed by atoms with E-state index in [1.165, 1.54) is 30.4 Å². The second kappa shape index (κ2) is 7.25.